The number of carbonyl (C=O) groups excluding carboxylic acids is 1. The van der Waals surface area contributed by atoms with Crippen molar-refractivity contribution in [3.05, 3.63) is 35.9 Å². The second-order valence-electron chi connectivity index (χ2n) is 7.37. The SMILES string of the molecule is COCC[C@@H](C)N1CCC2(CC1)CN(CCc1ccccc1)C(=O)O2. The van der Waals surface area contributed by atoms with Crippen molar-refractivity contribution in [3.63, 3.8) is 0 Å². The van der Waals surface area contributed by atoms with E-state index < -0.39 is 0 Å². The van der Waals surface area contributed by atoms with Gasteiger partial charge in [0.05, 0.1) is 6.54 Å². The lowest BCUT2D eigenvalue weighted by molar-refractivity contribution is -0.0112. The molecule has 0 aliphatic carbocycles. The molecule has 3 rings (SSSR count). The zero-order chi connectivity index (χ0) is 17.7. The maximum atomic E-state index is 12.3. The minimum Gasteiger partial charge on any atom is -0.441 e. The Morgan fingerprint density at radius 3 is 2.64 bits per heavy atom. The molecule has 2 fully saturated rings. The van der Waals surface area contributed by atoms with E-state index in [2.05, 4.69) is 24.0 Å². The zero-order valence-corrected chi connectivity index (χ0v) is 15.4. The van der Waals surface area contributed by atoms with Crippen LogP contribution in [0.3, 0.4) is 0 Å². The highest BCUT2D eigenvalue weighted by atomic mass is 16.6. The summed E-state index contributed by atoms with van der Waals surface area (Å²) in [5.74, 6) is 0. The highest BCUT2D eigenvalue weighted by Crippen LogP contribution is 2.34. The topological polar surface area (TPSA) is 42.0 Å². The van der Waals surface area contributed by atoms with Crippen LogP contribution in [0.15, 0.2) is 30.3 Å². The molecule has 138 valence electrons. The molecule has 5 nitrogen and oxygen atoms in total. The van der Waals surface area contributed by atoms with Crippen LogP contribution in [0.1, 0.15) is 31.7 Å². The van der Waals surface area contributed by atoms with Crippen LogP contribution in [0.25, 0.3) is 0 Å². The number of carbonyl (C=O) groups is 1. The van der Waals surface area contributed by atoms with E-state index in [9.17, 15) is 4.79 Å². The van der Waals surface area contributed by atoms with Crippen LogP contribution < -0.4 is 0 Å². The average molecular weight is 346 g/mol. The van der Waals surface area contributed by atoms with Crippen LogP contribution in [-0.4, -0.2) is 67.4 Å². The Morgan fingerprint density at radius 1 is 1.24 bits per heavy atom. The molecule has 0 radical (unpaired) electrons. The second kappa shape index (κ2) is 8.19. The molecule has 0 aromatic heterocycles. The summed E-state index contributed by atoms with van der Waals surface area (Å²) in [5, 5.41) is 0. The van der Waals surface area contributed by atoms with Gasteiger partial charge in [0.1, 0.15) is 5.60 Å². The molecule has 0 saturated carbocycles. The van der Waals surface area contributed by atoms with Crippen LogP contribution in [0.2, 0.25) is 0 Å². The first kappa shape index (κ1) is 18.2. The van der Waals surface area contributed by atoms with Gasteiger partial charge in [-0.15, -0.1) is 0 Å². The van der Waals surface area contributed by atoms with Crippen molar-refractivity contribution in [2.75, 3.05) is 39.9 Å². The Labute approximate surface area is 150 Å². The number of amides is 1. The van der Waals surface area contributed by atoms with E-state index in [4.69, 9.17) is 9.47 Å². The highest BCUT2D eigenvalue weighted by molar-refractivity contribution is 5.70. The predicted octanol–water partition coefficient (Wildman–Crippen LogP) is 2.94. The Balaban J connectivity index is 1.49. The lowest BCUT2D eigenvalue weighted by Gasteiger charge is -2.40. The first-order valence-corrected chi connectivity index (χ1v) is 9.37. The molecular formula is C20H30N2O3. The van der Waals surface area contributed by atoms with Crippen molar-refractivity contribution in [3.8, 4) is 0 Å². The normalized spacial score (nSPS) is 21.5. The number of likely N-dealkylation sites (tertiary alicyclic amines) is 1. The maximum absolute atomic E-state index is 12.3. The molecule has 2 heterocycles. The van der Waals surface area contributed by atoms with Crippen LogP contribution in [0.4, 0.5) is 4.79 Å². The van der Waals surface area contributed by atoms with E-state index in [0.717, 1.165) is 58.5 Å². The third-order valence-corrected chi connectivity index (χ3v) is 5.63. The number of rotatable bonds is 7. The summed E-state index contributed by atoms with van der Waals surface area (Å²) < 4.78 is 11.0. The number of hydrogen-bond donors (Lipinski definition) is 0. The Morgan fingerprint density at radius 2 is 1.96 bits per heavy atom. The summed E-state index contributed by atoms with van der Waals surface area (Å²) >= 11 is 0. The van der Waals surface area contributed by atoms with Crippen molar-refractivity contribution in [1.29, 1.82) is 0 Å². The molecule has 0 N–H and O–H groups in total. The van der Waals surface area contributed by atoms with E-state index in [1.165, 1.54) is 5.56 Å². The van der Waals surface area contributed by atoms with Crippen LogP contribution in [0, 0.1) is 0 Å². The van der Waals surface area contributed by atoms with Gasteiger partial charge in [0.15, 0.2) is 0 Å². The molecule has 1 spiro atoms. The van der Waals surface area contributed by atoms with Gasteiger partial charge in [0, 0.05) is 52.2 Å². The molecule has 1 aromatic rings. The molecular weight excluding hydrogens is 316 g/mol. The maximum Gasteiger partial charge on any atom is 0.410 e. The van der Waals surface area contributed by atoms with Gasteiger partial charge < -0.3 is 19.3 Å². The third kappa shape index (κ3) is 4.53. The molecule has 25 heavy (non-hydrogen) atoms. The molecule has 2 aliphatic rings. The summed E-state index contributed by atoms with van der Waals surface area (Å²) in [4.78, 5) is 16.7. The number of nitrogens with zero attached hydrogens (tertiary/aromatic N) is 2. The quantitative estimate of drug-likeness (QED) is 0.761. The summed E-state index contributed by atoms with van der Waals surface area (Å²) in [7, 11) is 1.75. The fourth-order valence-electron chi connectivity index (χ4n) is 3.88. The van der Waals surface area contributed by atoms with Gasteiger partial charge in [0.25, 0.3) is 0 Å². The van der Waals surface area contributed by atoms with E-state index in [0.29, 0.717) is 6.04 Å². The monoisotopic (exact) mass is 346 g/mol. The van der Waals surface area contributed by atoms with Crippen molar-refractivity contribution in [2.24, 2.45) is 0 Å². The molecule has 1 aromatic carbocycles. The Bertz CT molecular complexity index is 555. The Kier molecular flexibility index (Phi) is 5.97. The predicted molar refractivity (Wildman–Crippen MR) is 97.7 cm³/mol. The standard InChI is InChI=1S/C20H30N2O3/c1-17(9-15-24-2)21-13-10-20(11-14-21)16-22(19(23)25-20)12-8-18-6-4-3-5-7-18/h3-7,17H,8-16H2,1-2H3/t17-/m1/s1. The lowest BCUT2D eigenvalue weighted by Crippen LogP contribution is -2.49. The fourth-order valence-corrected chi connectivity index (χ4v) is 3.88. The number of hydrogen-bond acceptors (Lipinski definition) is 4. The van der Waals surface area contributed by atoms with E-state index >= 15 is 0 Å². The molecule has 0 bridgehead atoms. The average Bonchev–Trinajstić information content (AvgIpc) is 2.94. The molecule has 2 aliphatic heterocycles. The van der Waals surface area contributed by atoms with E-state index in [1.54, 1.807) is 7.11 Å². The van der Waals surface area contributed by atoms with E-state index in [1.807, 2.05) is 23.1 Å². The van der Waals surface area contributed by atoms with Crippen LogP contribution in [0.5, 0.6) is 0 Å². The fraction of sp³-hybridized carbons (Fsp3) is 0.650. The van der Waals surface area contributed by atoms with Gasteiger partial charge in [0.2, 0.25) is 0 Å². The van der Waals surface area contributed by atoms with Gasteiger partial charge in [-0.1, -0.05) is 30.3 Å². The van der Waals surface area contributed by atoms with Gasteiger partial charge in [-0.05, 0) is 25.3 Å². The lowest BCUT2D eigenvalue weighted by atomic mass is 9.90. The molecule has 1 amide bonds. The number of piperidine rings is 1. The zero-order valence-electron chi connectivity index (χ0n) is 15.4. The van der Waals surface area contributed by atoms with Crippen molar-refractivity contribution in [2.45, 2.75) is 44.2 Å². The minimum atomic E-state index is -0.273. The van der Waals surface area contributed by atoms with Gasteiger partial charge in [-0.2, -0.15) is 0 Å². The largest absolute Gasteiger partial charge is 0.441 e. The summed E-state index contributed by atoms with van der Waals surface area (Å²) in [6.07, 6.45) is 3.64. The first-order valence-electron chi connectivity index (χ1n) is 9.37. The summed E-state index contributed by atoms with van der Waals surface area (Å²) in [6, 6.07) is 10.8. The van der Waals surface area contributed by atoms with Gasteiger partial charge in [-0.25, -0.2) is 4.79 Å². The van der Waals surface area contributed by atoms with Crippen LogP contribution >= 0.6 is 0 Å². The van der Waals surface area contributed by atoms with Crippen molar-refractivity contribution < 1.29 is 14.3 Å². The first-order chi connectivity index (χ1) is 12.1. The second-order valence-corrected chi connectivity index (χ2v) is 7.37. The Hall–Kier alpha value is -1.59. The highest BCUT2D eigenvalue weighted by Gasteiger charge is 2.47. The summed E-state index contributed by atoms with van der Waals surface area (Å²) in [6.45, 7) is 6.50. The van der Waals surface area contributed by atoms with Crippen molar-refractivity contribution in [1.82, 2.24) is 9.80 Å². The number of benzene rings is 1. The minimum absolute atomic E-state index is 0.142. The smallest absolute Gasteiger partial charge is 0.410 e. The number of ether oxygens (including phenoxy) is 2. The van der Waals surface area contributed by atoms with Gasteiger partial charge in [-0.3, -0.25) is 0 Å². The molecule has 1 atom stereocenters. The van der Waals surface area contributed by atoms with Gasteiger partial charge >= 0.3 is 6.09 Å². The van der Waals surface area contributed by atoms with E-state index in [-0.39, 0.29) is 11.7 Å². The van der Waals surface area contributed by atoms with Crippen molar-refractivity contribution >= 4 is 6.09 Å². The third-order valence-electron chi connectivity index (χ3n) is 5.63. The molecule has 0 unspecified atom stereocenters. The molecule has 2 saturated heterocycles. The summed E-state index contributed by atoms with van der Waals surface area (Å²) in [5.41, 5.74) is 0.989. The van der Waals surface area contributed by atoms with Crippen LogP contribution in [-0.2, 0) is 15.9 Å². The molecule has 5 heteroatoms. The number of methoxy groups -OCH3 is 1.